The van der Waals surface area contributed by atoms with Crippen LogP contribution in [0, 0.1) is 12.3 Å². The minimum absolute atomic E-state index is 0.224. The van der Waals surface area contributed by atoms with E-state index in [2.05, 4.69) is 43.5 Å². The zero-order valence-corrected chi connectivity index (χ0v) is 17.3. The van der Waals surface area contributed by atoms with Gasteiger partial charge in [0.1, 0.15) is 6.61 Å². The van der Waals surface area contributed by atoms with Crippen molar-refractivity contribution in [3.8, 4) is 0 Å². The minimum atomic E-state index is -0.338. The van der Waals surface area contributed by atoms with Gasteiger partial charge in [-0.2, -0.15) is 0 Å². The van der Waals surface area contributed by atoms with Gasteiger partial charge in [-0.15, -0.1) is 0 Å². The van der Waals surface area contributed by atoms with Crippen molar-refractivity contribution in [3.63, 3.8) is 0 Å². The van der Waals surface area contributed by atoms with Gasteiger partial charge in [0.25, 0.3) is 0 Å². The van der Waals surface area contributed by atoms with E-state index in [1.54, 1.807) is 0 Å². The van der Waals surface area contributed by atoms with Crippen LogP contribution in [0.4, 0.5) is 0 Å². The number of cyclic esters (lactones) is 1. The Kier molecular flexibility index (Phi) is 6.49. The van der Waals surface area contributed by atoms with Crippen LogP contribution >= 0.6 is 0 Å². The van der Waals surface area contributed by atoms with Crippen molar-refractivity contribution in [2.45, 2.75) is 45.9 Å². The number of fused-ring (bicyclic) bond motifs is 1. The molecule has 1 aliphatic heterocycles. The molecule has 0 radical (unpaired) electrons. The van der Waals surface area contributed by atoms with Gasteiger partial charge in [-0.3, -0.25) is 0 Å². The predicted molar refractivity (Wildman–Crippen MR) is 116 cm³/mol. The Bertz CT molecular complexity index is 917. The SMILES string of the molecule is Cc1c(CCNC(C)(C)/C(C=N)=C/NCc2ccccc2)ccc2c1COC2=O. The first kappa shape index (κ1) is 20.8. The summed E-state index contributed by atoms with van der Waals surface area (Å²) >= 11 is 0. The number of hydrogen-bond donors (Lipinski definition) is 3. The van der Waals surface area contributed by atoms with Crippen LogP contribution in [0.2, 0.25) is 0 Å². The monoisotopic (exact) mass is 391 g/mol. The van der Waals surface area contributed by atoms with Gasteiger partial charge in [-0.25, -0.2) is 4.79 Å². The fourth-order valence-corrected chi connectivity index (χ4v) is 3.56. The lowest BCUT2D eigenvalue weighted by Gasteiger charge is -2.28. The summed E-state index contributed by atoms with van der Waals surface area (Å²) in [6.45, 7) is 8.08. The standard InChI is InChI=1S/C24H29N3O2/c1-17-19(9-10-21-22(17)16-29-23(21)28)11-12-27-24(2,3)20(13-25)15-26-14-18-7-5-4-6-8-18/h4-10,13,15,25-27H,11-12,14,16H2,1-3H3/b20-15+,25-13?. The van der Waals surface area contributed by atoms with Crippen LogP contribution in [0.3, 0.4) is 0 Å². The first-order valence-electron chi connectivity index (χ1n) is 9.94. The van der Waals surface area contributed by atoms with Crippen molar-refractivity contribution in [2.75, 3.05) is 6.54 Å². The third-order valence-electron chi connectivity index (χ3n) is 5.52. The fraction of sp³-hybridized carbons (Fsp3) is 0.333. The average molecular weight is 392 g/mol. The van der Waals surface area contributed by atoms with Gasteiger partial charge in [-0.1, -0.05) is 36.4 Å². The van der Waals surface area contributed by atoms with Crippen molar-refractivity contribution >= 4 is 12.2 Å². The van der Waals surface area contributed by atoms with Gasteiger partial charge >= 0.3 is 5.97 Å². The largest absolute Gasteiger partial charge is 0.457 e. The number of esters is 1. The second-order valence-electron chi connectivity index (χ2n) is 7.86. The van der Waals surface area contributed by atoms with Gasteiger partial charge in [-0.05, 0) is 56.5 Å². The molecule has 1 aliphatic rings. The zero-order chi connectivity index (χ0) is 20.9. The molecule has 5 nitrogen and oxygen atoms in total. The first-order valence-corrected chi connectivity index (χ1v) is 9.94. The lowest BCUT2D eigenvalue weighted by Crippen LogP contribution is -2.43. The Hall–Kier alpha value is -2.92. The van der Waals surface area contributed by atoms with E-state index in [0.29, 0.717) is 12.2 Å². The first-order chi connectivity index (χ1) is 13.9. The summed E-state index contributed by atoms with van der Waals surface area (Å²) in [5.74, 6) is -0.224. The number of nitrogens with one attached hydrogen (secondary N) is 3. The summed E-state index contributed by atoms with van der Waals surface area (Å²) in [4.78, 5) is 11.7. The van der Waals surface area contributed by atoms with Crippen LogP contribution < -0.4 is 10.6 Å². The molecule has 3 N–H and O–H groups in total. The van der Waals surface area contributed by atoms with E-state index >= 15 is 0 Å². The van der Waals surface area contributed by atoms with E-state index in [4.69, 9.17) is 10.1 Å². The summed E-state index contributed by atoms with van der Waals surface area (Å²) in [5.41, 5.74) is 5.81. The zero-order valence-electron chi connectivity index (χ0n) is 17.3. The van der Waals surface area contributed by atoms with E-state index in [1.807, 2.05) is 36.5 Å². The van der Waals surface area contributed by atoms with Crippen molar-refractivity contribution in [1.29, 1.82) is 5.41 Å². The summed E-state index contributed by atoms with van der Waals surface area (Å²) < 4.78 is 5.14. The van der Waals surface area contributed by atoms with Gasteiger partial charge in [0.15, 0.2) is 0 Å². The molecule has 0 fully saturated rings. The van der Waals surface area contributed by atoms with E-state index < -0.39 is 0 Å². The lowest BCUT2D eigenvalue weighted by atomic mass is 9.94. The van der Waals surface area contributed by atoms with E-state index in [1.165, 1.54) is 17.3 Å². The van der Waals surface area contributed by atoms with Crippen molar-refractivity contribution < 1.29 is 9.53 Å². The minimum Gasteiger partial charge on any atom is -0.457 e. The number of rotatable bonds is 9. The third kappa shape index (κ3) is 4.93. The molecule has 29 heavy (non-hydrogen) atoms. The summed E-state index contributed by atoms with van der Waals surface area (Å²) in [5, 5.41) is 14.7. The lowest BCUT2D eigenvalue weighted by molar-refractivity contribution is 0.0535. The molecular weight excluding hydrogens is 362 g/mol. The topological polar surface area (TPSA) is 74.2 Å². The number of hydrogen-bond acceptors (Lipinski definition) is 5. The molecule has 0 aliphatic carbocycles. The smallest absolute Gasteiger partial charge is 0.338 e. The van der Waals surface area contributed by atoms with Crippen LogP contribution in [0.25, 0.3) is 0 Å². The molecule has 0 spiro atoms. The molecule has 3 rings (SSSR count). The van der Waals surface area contributed by atoms with Gasteiger partial charge in [0.2, 0.25) is 0 Å². The second-order valence-corrected chi connectivity index (χ2v) is 7.86. The van der Waals surface area contributed by atoms with E-state index in [-0.39, 0.29) is 11.5 Å². The van der Waals surface area contributed by atoms with E-state index in [0.717, 1.165) is 36.2 Å². The Balaban J connectivity index is 1.58. The molecule has 0 aromatic heterocycles. The molecule has 2 aromatic rings. The normalized spacial score (nSPS) is 13.8. The Labute approximate surface area is 172 Å². The van der Waals surface area contributed by atoms with Crippen LogP contribution in [0.15, 0.2) is 54.2 Å². The number of benzene rings is 2. The average Bonchev–Trinajstić information content (AvgIpc) is 3.09. The fourth-order valence-electron chi connectivity index (χ4n) is 3.56. The molecule has 2 aromatic carbocycles. The van der Waals surface area contributed by atoms with Crippen molar-refractivity contribution in [3.05, 3.63) is 82.1 Å². The molecule has 0 unspecified atom stereocenters. The van der Waals surface area contributed by atoms with Crippen LogP contribution in [-0.4, -0.2) is 24.3 Å². The molecule has 0 amide bonds. The van der Waals surface area contributed by atoms with Gasteiger partial charge < -0.3 is 20.8 Å². The Morgan fingerprint density at radius 1 is 1.21 bits per heavy atom. The molecular formula is C24H29N3O2. The summed E-state index contributed by atoms with van der Waals surface area (Å²) in [7, 11) is 0. The van der Waals surface area contributed by atoms with Crippen LogP contribution in [-0.2, 0) is 24.3 Å². The Morgan fingerprint density at radius 2 is 1.97 bits per heavy atom. The third-order valence-corrected chi connectivity index (χ3v) is 5.52. The highest BCUT2D eigenvalue weighted by Crippen LogP contribution is 2.26. The highest BCUT2D eigenvalue weighted by atomic mass is 16.5. The van der Waals surface area contributed by atoms with Gasteiger partial charge in [0, 0.05) is 35.6 Å². The Morgan fingerprint density at radius 3 is 2.69 bits per heavy atom. The van der Waals surface area contributed by atoms with Crippen molar-refractivity contribution in [2.24, 2.45) is 0 Å². The highest BCUT2D eigenvalue weighted by Gasteiger charge is 2.24. The molecule has 0 saturated heterocycles. The maximum absolute atomic E-state index is 11.7. The van der Waals surface area contributed by atoms with Crippen LogP contribution in [0.5, 0.6) is 0 Å². The summed E-state index contributed by atoms with van der Waals surface area (Å²) in [6, 6.07) is 14.1. The van der Waals surface area contributed by atoms with Crippen LogP contribution in [0.1, 0.15) is 46.5 Å². The second kappa shape index (κ2) is 9.05. The quantitative estimate of drug-likeness (QED) is 0.448. The maximum Gasteiger partial charge on any atom is 0.338 e. The summed E-state index contributed by atoms with van der Waals surface area (Å²) in [6.07, 6.45) is 4.16. The number of carbonyl (C=O) groups is 1. The highest BCUT2D eigenvalue weighted by molar-refractivity contribution is 5.93. The van der Waals surface area contributed by atoms with E-state index in [9.17, 15) is 4.79 Å². The predicted octanol–water partition coefficient (Wildman–Crippen LogP) is 3.90. The molecule has 0 atom stereocenters. The number of carbonyl (C=O) groups excluding carboxylic acids is 1. The molecule has 1 heterocycles. The maximum atomic E-state index is 11.7. The molecule has 0 saturated carbocycles. The number of ether oxygens (including phenoxy) is 1. The van der Waals surface area contributed by atoms with Crippen molar-refractivity contribution in [1.82, 2.24) is 10.6 Å². The molecule has 0 bridgehead atoms. The molecule has 152 valence electrons. The van der Waals surface area contributed by atoms with Gasteiger partial charge in [0.05, 0.1) is 5.56 Å². The molecule has 5 heteroatoms.